The van der Waals surface area contributed by atoms with E-state index < -0.39 is 11.6 Å². The van der Waals surface area contributed by atoms with Crippen LogP contribution in [0.25, 0.3) is 38.7 Å². The standard InChI is InChI=1S/C23H21F2N7/c1-12-4-6-31(10-12)22-14(13-8-27-17-3-5-29-32(17)11-13)9-28-23-19(22)18-20(25)15(24)7-16(26-2)21(18)30-23/h3,5,7-9,11-12,26H,4,6,10H2,1-2H3,(H,28,30). The predicted octanol–water partition coefficient (Wildman–Crippen LogP) is 4.59. The molecule has 1 fully saturated rings. The summed E-state index contributed by atoms with van der Waals surface area (Å²) in [5, 5.41) is 8.04. The molecule has 0 saturated carbocycles. The lowest BCUT2D eigenvalue weighted by atomic mass is 10.0. The number of aromatic nitrogens is 5. The molecule has 32 heavy (non-hydrogen) atoms. The van der Waals surface area contributed by atoms with Crippen LogP contribution in [0.15, 0.2) is 36.9 Å². The molecule has 1 aliphatic rings. The normalized spacial score (nSPS) is 16.6. The predicted molar refractivity (Wildman–Crippen MR) is 121 cm³/mol. The second-order valence-electron chi connectivity index (χ2n) is 8.41. The van der Waals surface area contributed by atoms with Crippen molar-refractivity contribution < 1.29 is 8.78 Å². The van der Waals surface area contributed by atoms with Crippen molar-refractivity contribution in [3.63, 3.8) is 0 Å². The zero-order valence-electron chi connectivity index (χ0n) is 17.7. The monoisotopic (exact) mass is 433 g/mol. The van der Waals surface area contributed by atoms with Gasteiger partial charge in [0.2, 0.25) is 0 Å². The van der Waals surface area contributed by atoms with Gasteiger partial charge in [-0.1, -0.05) is 6.92 Å². The van der Waals surface area contributed by atoms with E-state index in [0.29, 0.717) is 28.2 Å². The molecule has 1 aromatic carbocycles. The van der Waals surface area contributed by atoms with E-state index >= 15 is 4.39 Å². The minimum atomic E-state index is -0.895. The van der Waals surface area contributed by atoms with E-state index in [1.165, 1.54) is 6.07 Å². The Morgan fingerprint density at radius 2 is 2.06 bits per heavy atom. The van der Waals surface area contributed by atoms with Gasteiger partial charge in [0, 0.05) is 62.0 Å². The minimum Gasteiger partial charge on any atom is -0.386 e. The van der Waals surface area contributed by atoms with E-state index in [4.69, 9.17) is 0 Å². The summed E-state index contributed by atoms with van der Waals surface area (Å²) >= 11 is 0. The van der Waals surface area contributed by atoms with Crippen LogP contribution in [-0.4, -0.2) is 44.7 Å². The molecule has 5 aromatic rings. The van der Waals surface area contributed by atoms with Crippen molar-refractivity contribution in [3.8, 4) is 11.1 Å². The minimum absolute atomic E-state index is 0.210. The third-order valence-corrected chi connectivity index (χ3v) is 6.33. The summed E-state index contributed by atoms with van der Waals surface area (Å²) in [6.45, 7) is 3.85. The fourth-order valence-corrected chi connectivity index (χ4v) is 4.77. The fraction of sp³-hybridized carbons (Fsp3) is 0.261. The molecule has 0 spiro atoms. The van der Waals surface area contributed by atoms with Crippen LogP contribution in [0.1, 0.15) is 13.3 Å². The molecule has 0 aliphatic carbocycles. The van der Waals surface area contributed by atoms with Gasteiger partial charge in [0.05, 0.1) is 33.9 Å². The van der Waals surface area contributed by atoms with Crippen LogP contribution in [0.5, 0.6) is 0 Å². The molecule has 9 heteroatoms. The summed E-state index contributed by atoms with van der Waals surface area (Å²) in [4.78, 5) is 14.5. The first-order valence-corrected chi connectivity index (χ1v) is 10.6. The maximum atomic E-state index is 15.2. The van der Waals surface area contributed by atoms with Gasteiger partial charge >= 0.3 is 0 Å². The SMILES string of the molecule is CNc1cc(F)c(F)c2c1[nH]c1ncc(-c3cnc4ccnn4c3)c(N3CCC(C)C3)c12. The topological polar surface area (TPSA) is 74.1 Å². The van der Waals surface area contributed by atoms with Gasteiger partial charge < -0.3 is 15.2 Å². The summed E-state index contributed by atoms with van der Waals surface area (Å²) in [6.07, 6.45) is 8.15. The highest BCUT2D eigenvalue weighted by molar-refractivity contribution is 6.18. The van der Waals surface area contributed by atoms with Crippen molar-refractivity contribution in [3.05, 3.63) is 48.6 Å². The molecular formula is C23H21F2N7. The van der Waals surface area contributed by atoms with Crippen molar-refractivity contribution in [2.45, 2.75) is 13.3 Å². The van der Waals surface area contributed by atoms with Crippen molar-refractivity contribution in [2.75, 3.05) is 30.4 Å². The Bertz CT molecular complexity index is 1500. The van der Waals surface area contributed by atoms with Gasteiger partial charge in [-0.2, -0.15) is 5.10 Å². The molecule has 1 unspecified atom stereocenters. The largest absolute Gasteiger partial charge is 0.386 e. The van der Waals surface area contributed by atoms with E-state index in [0.717, 1.165) is 42.0 Å². The number of nitrogens with zero attached hydrogens (tertiary/aromatic N) is 5. The van der Waals surface area contributed by atoms with E-state index in [2.05, 4.69) is 37.2 Å². The molecule has 5 heterocycles. The Labute approximate surface area is 182 Å². The Balaban J connectivity index is 1.73. The molecule has 1 atom stereocenters. The smallest absolute Gasteiger partial charge is 0.169 e. The Kier molecular flexibility index (Phi) is 4.08. The Morgan fingerprint density at radius 1 is 1.19 bits per heavy atom. The van der Waals surface area contributed by atoms with E-state index in [1.807, 2.05) is 12.3 Å². The van der Waals surface area contributed by atoms with Gasteiger partial charge in [0.1, 0.15) is 5.65 Å². The maximum Gasteiger partial charge on any atom is 0.169 e. The number of nitrogens with one attached hydrogen (secondary N) is 2. The van der Waals surface area contributed by atoms with E-state index in [-0.39, 0.29) is 5.39 Å². The highest BCUT2D eigenvalue weighted by Gasteiger charge is 2.28. The zero-order valence-corrected chi connectivity index (χ0v) is 17.7. The zero-order chi connectivity index (χ0) is 22.0. The fourth-order valence-electron chi connectivity index (χ4n) is 4.77. The van der Waals surface area contributed by atoms with E-state index in [1.54, 1.807) is 30.2 Å². The molecule has 0 amide bonds. The number of H-pyrrole nitrogens is 1. The number of benzene rings is 1. The lowest BCUT2D eigenvalue weighted by molar-refractivity contribution is 0.518. The number of halogens is 2. The number of anilines is 2. The van der Waals surface area contributed by atoms with Gasteiger partial charge in [0.15, 0.2) is 17.3 Å². The number of rotatable bonds is 3. The molecule has 4 aromatic heterocycles. The van der Waals surface area contributed by atoms with Gasteiger partial charge in [-0.15, -0.1) is 0 Å². The quantitative estimate of drug-likeness (QED) is 0.435. The first kappa shape index (κ1) is 19.0. The lowest BCUT2D eigenvalue weighted by Gasteiger charge is -2.23. The first-order valence-electron chi connectivity index (χ1n) is 10.6. The van der Waals surface area contributed by atoms with Crippen LogP contribution < -0.4 is 10.2 Å². The molecule has 7 nitrogen and oxygen atoms in total. The van der Waals surface area contributed by atoms with Crippen molar-refractivity contribution in [1.82, 2.24) is 24.6 Å². The summed E-state index contributed by atoms with van der Waals surface area (Å²) in [7, 11) is 1.69. The number of hydrogen-bond acceptors (Lipinski definition) is 5. The van der Waals surface area contributed by atoms with Gasteiger partial charge in [0.25, 0.3) is 0 Å². The number of pyridine rings is 1. The molecule has 2 N–H and O–H groups in total. The average Bonchev–Trinajstić information content (AvgIpc) is 3.52. The highest BCUT2D eigenvalue weighted by atomic mass is 19.2. The lowest BCUT2D eigenvalue weighted by Crippen LogP contribution is -2.20. The molecule has 162 valence electrons. The summed E-state index contributed by atoms with van der Waals surface area (Å²) in [5.41, 5.74) is 4.70. The summed E-state index contributed by atoms with van der Waals surface area (Å²) < 4.78 is 31.5. The third kappa shape index (κ3) is 2.66. The third-order valence-electron chi connectivity index (χ3n) is 6.33. The van der Waals surface area contributed by atoms with Crippen molar-refractivity contribution in [1.29, 1.82) is 0 Å². The first-order chi connectivity index (χ1) is 15.5. The van der Waals surface area contributed by atoms with Crippen LogP contribution in [0.4, 0.5) is 20.2 Å². The molecular weight excluding hydrogens is 412 g/mol. The van der Waals surface area contributed by atoms with Gasteiger partial charge in [-0.25, -0.2) is 23.3 Å². The number of hydrogen-bond donors (Lipinski definition) is 2. The maximum absolute atomic E-state index is 15.2. The molecule has 0 radical (unpaired) electrons. The molecule has 1 aliphatic heterocycles. The van der Waals surface area contributed by atoms with Crippen LogP contribution >= 0.6 is 0 Å². The van der Waals surface area contributed by atoms with Crippen LogP contribution in [-0.2, 0) is 0 Å². The van der Waals surface area contributed by atoms with Gasteiger partial charge in [-0.3, -0.25) is 0 Å². The molecule has 0 bridgehead atoms. The number of aromatic amines is 1. The van der Waals surface area contributed by atoms with Gasteiger partial charge in [-0.05, 0) is 12.3 Å². The average molecular weight is 433 g/mol. The number of fused-ring (bicyclic) bond motifs is 4. The van der Waals surface area contributed by atoms with Crippen molar-refractivity contribution in [2.24, 2.45) is 5.92 Å². The highest BCUT2D eigenvalue weighted by Crippen LogP contribution is 2.44. The van der Waals surface area contributed by atoms with E-state index in [9.17, 15) is 4.39 Å². The van der Waals surface area contributed by atoms with Crippen LogP contribution in [0.3, 0.4) is 0 Å². The molecule has 1 saturated heterocycles. The summed E-state index contributed by atoms with van der Waals surface area (Å²) in [5.74, 6) is -1.27. The summed E-state index contributed by atoms with van der Waals surface area (Å²) in [6, 6.07) is 2.99. The second-order valence-corrected chi connectivity index (χ2v) is 8.41. The van der Waals surface area contributed by atoms with Crippen molar-refractivity contribution >= 4 is 39.0 Å². The van der Waals surface area contributed by atoms with Crippen LogP contribution in [0, 0.1) is 17.6 Å². The Morgan fingerprint density at radius 3 is 2.84 bits per heavy atom. The second kappa shape index (κ2) is 6.88. The van der Waals surface area contributed by atoms with Crippen LogP contribution in [0.2, 0.25) is 0 Å². The molecule has 6 rings (SSSR count). The Hall–Kier alpha value is -3.75.